The fourth-order valence-corrected chi connectivity index (χ4v) is 0.882. The van der Waals surface area contributed by atoms with E-state index in [-0.39, 0.29) is 0 Å². The lowest BCUT2D eigenvalue weighted by Crippen LogP contribution is -2.11. The van der Waals surface area contributed by atoms with Crippen LogP contribution in [-0.2, 0) is 0 Å². The van der Waals surface area contributed by atoms with Gasteiger partial charge in [0.2, 0.25) is 0 Å². The second kappa shape index (κ2) is 7.19. The van der Waals surface area contributed by atoms with Gasteiger partial charge >= 0.3 is 0 Å². The van der Waals surface area contributed by atoms with Gasteiger partial charge in [0.15, 0.2) is 0 Å². The molecule has 0 fully saturated rings. The van der Waals surface area contributed by atoms with E-state index in [9.17, 15) is 0 Å². The second-order valence-electron chi connectivity index (χ2n) is 2.47. The second-order valence-corrected chi connectivity index (χ2v) is 2.47. The van der Waals surface area contributed by atoms with Crippen LogP contribution in [0.15, 0.2) is 25.2 Å². The van der Waals surface area contributed by atoms with Crippen molar-refractivity contribution in [3.8, 4) is 0 Å². The highest BCUT2D eigenvalue weighted by atomic mass is 15.1. The first kappa shape index (κ1) is 10.1. The molecule has 0 bridgehead atoms. The molecule has 0 radical (unpaired) electrons. The molecule has 0 rings (SSSR count). The minimum absolute atomic E-state index is 1.02. The maximum Gasteiger partial charge on any atom is 0.0219 e. The first-order valence-corrected chi connectivity index (χ1v) is 4.11. The molecule has 2 heteroatoms. The molecular formula is C9H18N2. The molecular weight excluding hydrogens is 136 g/mol. The predicted molar refractivity (Wildman–Crippen MR) is 49.8 cm³/mol. The van der Waals surface area contributed by atoms with Gasteiger partial charge in [-0.05, 0) is 12.6 Å². The SMILES string of the molecule is C=CN(/C=C\N)CCCCC. The molecule has 0 aliphatic heterocycles. The summed E-state index contributed by atoms with van der Waals surface area (Å²) in [5.41, 5.74) is 5.24. The number of unbranched alkanes of at least 4 members (excludes halogenated alkanes) is 2. The van der Waals surface area contributed by atoms with Crippen LogP contribution in [-0.4, -0.2) is 11.4 Å². The Morgan fingerprint density at radius 1 is 1.45 bits per heavy atom. The molecule has 0 aliphatic rings. The minimum Gasteiger partial charge on any atom is -0.403 e. The summed E-state index contributed by atoms with van der Waals surface area (Å²) < 4.78 is 0. The van der Waals surface area contributed by atoms with Crippen LogP contribution < -0.4 is 5.73 Å². The van der Waals surface area contributed by atoms with E-state index in [0.29, 0.717) is 0 Å². The first-order chi connectivity index (χ1) is 5.35. The monoisotopic (exact) mass is 154 g/mol. The lowest BCUT2D eigenvalue weighted by molar-refractivity contribution is 0.476. The summed E-state index contributed by atoms with van der Waals surface area (Å²) in [6.07, 6.45) is 8.88. The maximum absolute atomic E-state index is 5.24. The van der Waals surface area contributed by atoms with E-state index in [0.717, 1.165) is 6.54 Å². The molecule has 0 saturated carbocycles. The Morgan fingerprint density at radius 2 is 2.18 bits per heavy atom. The van der Waals surface area contributed by atoms with E-state index >= 15 is 0 Å². The molecule has 0 aromatic carbocycles. The first-order valence-electron chi connectivity index (χ1n) is 4.11. The summed E-state index contributed by atoms with van der Waals surface area (Å²) in [7, 11) is 0. The van der Waals surface area contributed by atoms with Crippen molar-refractivity contribution in [2.75, 3.05) is 6.54 Å². The summed E-state index contributed by atoms with van der Waals surface area (Å²) >= 11 is 0. The molecule has 0 amide bonds. The zero-order chi connectivity index (χ0) is 8.53. The Morgan fingerprint density at radius 3 is 2.64 bits per heavy atom. The fourth-order valence-electron chi connectivity index (χ4n) is 0.882. The standard InChI is InChI=1S/C9H18N2/c1-3-5-6-8-11(4-2)9-7-10/h4,7,9H,2-3,5-6,8,10H2,1H3/b9-7-. The normalized spacial score (nSPS) is 10.3. The predicted octanol–water partition coefficient (Wildman–Crippen LogP) is 2.05. The number of hydrogen-bond acceptors (Lipinski definition) is 2. The highest BCUT2D eigenvalue weighted by Crippen LogP contribution is 1.98. The average molecular weight is 154 g/mol. The molecule has 0 unspecified atom stereocenters. The number of nitrogens with two attached hydrogens (primary N) is 1. The van der Waals surface area contributed by atoms with E-state index in [4.69, 9.17) is 5.73 Å². The number of rotatable bonds is 6. The van der Waals surface area contributed by atoms with Gasteiger partial charge in [-0.15, -0.1) is 0 Å². The van der Waals surface area contributed by atoms with Gasteiger partial charge in [-0.2, -0.15) is 0 Å². The third-order valence-electron chi connectivity index (χ3n) is 1.53. The summed E-state index contributed by atoms with van der Waals surface area (Å²) in [5, 5.41) is 0. The lowest BCUT2D eigenvalue weighted by atomic mass is 10.2. The van der Waals surface area contributed by atoms with E-state index in [1.165, 1.54) is 25.5 Å². The van der Waals surface area contributed by atoms with E-state index in [1.807, 2.05) is 11.1 Å². The lowest BCUT2D eigenvalue weighted by Gasteiger charge is -2.13. The van der Waals surface area contributed by atoms with Crippen LogP contribution in [0.1, 0.15) is 26.2 Å². The Bertz CT molecular complexity index is 119. The van der Waals surface area contributed by atoms with Crippen molar-refractivity contribution < 1.29 is 0 Å². The largest absolute Gasteiger partial charge is 0.403 e. The fraction of sp³-hybridized carbons (Fsp3) is 0.556. The Labute approximate surface area is 69.4 Å². The molecule has 0 aromatic rings. The van der Waals surface area contributed by atoms with E-state index in [1.54, 1.807) is 6.20 Å². The highest BCUT2D eigenvalue weighted by molar-refractivity contribution is 4.84. The van der Waals surface area contributed by atoms with Crippen molar-refractivity contribution in [1.82, 2.24) is 4.90 Å². The Kier molecular flexibility index (Phi) is 6.59. The van der Waals surface area contributed by atoms with Crippen LogP contribution >= 0.6 is 0 Å². The summed E-state index contributed by atoms with van der Waals surface area (Å²) in [5.74, 6) is 0. The molecule has 11 heavy (non-hydrogen) atoms. The molecule has 0 heterocycles. The molecule has 64 valence electrons. The van der Waals surface area contributed by atoms with Gasteiger partial charge < -0.3 is 10.6 Å². The van der Waals surface area contributed by atoms with Crippen LogP contribution in [0.3, 0.4) is 0 Å². The third kappa shape index (κ3) is 5.52. The van der Waals surface area contributed by atoms with Crippen molar-refractivity contribution in [2.45, 2.75) is 26.2 Å². The van der Waals surface area contributed by atoms with Crippen molar-refractivity contribution >= 4 is 0 Å². The zero-order valence-corrected chi connectivity index (χ0v) is 7.29. The van der Waals surface area contributed by atoms with Crippen molar-refractivity contribution in [3.63, 3.8) is 0 Å². The molecule has 0 saturated heterocycles. The van der Waals surface area contributed by atoms with E-state index in [2.05, 4.69) is 13.5 Å². The summed E-state index contributed by atoms with van der Waals surface area (Å²) in [6, 6.07) is 0. The van der Waals surface area contributed by atoms with Crippen molar-refractivity contribution in [2.24, 2.45) is 5.73 Å². The van der Waals surface area contributed by atoms with Gasteiger partial charge in [-0.3, -0.25) is 0 Å². The quantitative estimate of drug-likeness (QED) is 0.593. The molecule has 0 atom stereocenters. The van der Waals surface area contributed by atoms with Gasteiger partial charge in [-0.1, -0.05) is 26.3 Å². The highest BCUT2D eigenvalue weighted by Gasteiger charge is 1.91. The molecule has 0 spiro atoms. The van der Waals surface area contributed by atoms with Gasteiger partial charge in [0, 0.05) is 18.9 Å². The number of hydrogen-bond donors (Lipinski definition) is 1. The van der Waals surface area contributed by atoms with Gasteiger partial charge in [0.25, 0.3) is 0 Å². The minimum atomic E-state index is 1.02. The topological polar surface area (TPSA) is 29.3 Å². The van der Waals surface area contributed by atoms with Crippen molar-refractivity contribution in [3.05, 3.63) is 25.2 Å². The summed E-state index contributed by atoms with van der Waals surface area (Å²) in [6.45, 7) is 6.89. The van der Waals surface area contributed by atoms with Crippen molar-refractivity contribution in [1.29, 1.82) is 0 Å². The molecule has 2 N–H and O–H groups in total. The van der Waals surface area contributed by atoms with Crippen LogP contribution in [0.2, 0.25) is 0 Å². The van der Waals surface area contributed by atoms with Gasteiger partial charge in [0.1, 0.15) is 0 Å². The van der Waals surface area contributed by atoms with Crippen LogP contribution in [0.5, 0.6) is 0 Å². The van der Waals surface area contributed by atoms with Gasteiger partial charge in [0.05, 0.1) is 0 Å². The zero-order valence-electron chi connectivity index (χ0n) is 7.29. The van der Waals surface area contributed by atoms with E-state index < -0.39 is 0 Å². The molecule has 2 nitrogen and oxygen atoms in total. The summed E-state index contributed by atoms with van der Waals surface area (Å²) in [4.78, 5) is 2.00. The average Bonchev–Trinajstić information content (AvgIpc) is 2.03. The number of nitrogens with zero attached hydrogens (tertiary/aromatic N) is 1. The van der Waals surface area contributed by atoms with Crippen LogP contribution in [0.4, 0.5) is 0 Å². The van der Waals surface area contributed by atoms with Crippen LogP contribution in [0.25, 0.3) is 0 Å². The molecule has 0 aliphatic carbocycles. The smallest absolute Gasteiger partial charge is 0.0219 e. The Balaban J connectivity index is 3.44. The maximum atomic E-state index is 5.24. The van der Waals surface area contributed by atoms with Crippen LogP contribution in [0, 0.1) is 0 Å². The van der Waals surface area contributed by atoms with Gasteiger partial charge in [-0.25, -0.2) is 0 Å². The molecule has 0 aromatic heterocycles. The Hall–Kier alpha value is -0.920. The third-order valence-corrected chi connectivity index (χ3v) is 1.53.